The molecule has 74 valence electrons. The second kappa shape index (κ2) is 2.98. The third kappa shape index (κ3) is 1.26. The Morgan fingerprint density at radius 3 is 2.77 bits per heavy atom. The van der Waals surface area contributed by atoms with Crippen LogP contribution in [-0.2, 0) is 4.79 Å². The van der Waals surface area contributed by atoms with Crippen LogP contribution in [-0.4, -0.2) is 22.3 Å². The number of carbonyl (C=O) groups is 1. The summed E-state index contributed by atoms with van der Waals surface area (Å²) in [5, 5.41) is 18.7. The monoisotopic (exact) mass is 184 g/mol. The third-order valence-electron chi connectivity index (χ3n) is 3.79. The van der Waals surface area contributed by atoms with Crippen LogP contribution in [0.4, 0.5) is 0 Å². The fourth-order valence-corrected chi connectivity index (χ4v) is 3.12. The van der Waals surface area contributed by atoms with Gasteiger partial charge in [0.15, 0.2) is 0 Å². The van der Waals surface area contributed by atoms with E-state index in [4.69, 9.17) is 0 Å². The van der Waals surface area contributed by atoms with Gasteiger partial charge in [0.2, 0.25) is 0 Å². The Labute approximate surface area is 77.8 Å². The van der Waals surface area contributed by atoms with Crippen LogP contribution in [0.3, 0.4) is 0 Å². The second-order valence-corrected chi connectivity index (χ2v) is 4.50. The van der Waals surface area contributed by atoms with Crippen LogP contribution in [0.15, 0.2) is 0 Å². The van der Waals surface area contributed by atoms with Crippen LogP contribution < -0.4 is 0 Å². The molecule has 0 aliphatic heterocycles. The number of carboxylic acid groups (broad SMARTS) is 1. The Kier molecular flexibility index (Phi) is 2.06. The van der Waals surface area contributed by atoms with Gasteiger partial charge in [-0.15, -0.1) is 0 Å². The summed E-state index contributed by atoms with van der Waals surface area (Å²) in [6.45, 7) is 0. The summed E-state index contributed by atoms with van der Waals surface area (Å²) in [6.07, 6.45) is 4.70. The zero-order valence-electron chi connectivity index (χ0n) is 7.70. The Balaban J connectivity index is 2.24. The predicted octanol–water partition coefficient (Wildman–Crippen LogP) is 1.40. The van der Waals surface area contributed by atoms with Crippen molar-refractivity contribution in [1.29, 1.82) is 0 Å². The number of aliphatic hydroxyl groups is 1. The lowest BCUT2D eigenvalue weighted by molar-refractivity contribution is -0.153. The maximum atomic E-state index is 11.2. The molecular formula is C10H16O3. The number of hydrogen-bond acceptors (Lipinski definition) is 2. The van der Waals surface area contributed by atoms with Crippen molar-refractivity contribution in [1.82, 2.24) is 0 Å². The highest BCUT2D eigenvalue weighted by Crippen LogP contribution is 2.52. The molecule has 3 unspecified atom stereocenters. The second-order valence-electron chi connectivity index (χ2n) is 4.50. The summed E-state index contributed by atoms with van der Waals surface area (Å²) in [6, 6.07) is 0. The fraction of sp³-hybridized carbons (Fsp3) is 0.900. The van der Waals surface area contributed by atoms with E-state index in [9.17, 15) is 15.0 Å². The molecule has 0 heterocycles. The highest BCUT2D eigenvalue weighted by molar-refractivity contribution is 5.75. The van der Waals surface area contributed by atoms with E-state index in [1.54, 1.807) is 0 Å². The minimum Gasteiger partial charge on any atom is -0.481 e. The van der Waals surface area contributed by atoms with Gasteiger partial charge >= 0.3 is 5.97 Å². The highest BCUT2D eigenvalue weighted by Gasteiger charge is 2.53. The van der Waals surface area contributed by atoms with Crippen molar-refractivity contribution in [2.24, 2.45) is 11.3 Å². The molecule has 2 rings (SSSR count). The van der Waals surface area contributed by atoms with E-state index in [2.05, 4.69) is 0 Å². The summed E-state index contributed by atoms with van der Waals surface area (Å²) < 4.78 is 0. The summed E-state index contributed by atoms with van der Waals surface area (Å²) in [5.74, 6) is -0.456. The van der Waals surface area contributed by atoms with Gasteiger partial charge in [-0.2, -0.15) is 0 Å². The topological polar surface area (TPSA) is 57.5 Å². The molecule has 2 fully saturated rings. The minimum atomic E-state index is -0.686. The zero-order valence-corrected chi connectivity index (χ0v) is 7.70. The van der Waals surface area contributed by atoms with Crippen LogP contribution in [0.1, 0.15) is 38.5 Å². The first-order valence-corrected chi connectivity index (χ1v) is 5.06. The molecule has 0 aromatic rings. The first-order chi connectivity index (χ1) is 6.15. The van der Waals surface area contributed by atoms with E-state index in [0.717, 1.165) is 25.7 Å². The lowest BCUT2D eigenvalue weighted by Gasteiger charge is -2.35. The Morgan fingerprint density at radius 1 is 1.38 bits per heavy atom. The van der Waals surface area contributed by atoms with Crippen LogP contribution in [0.2, 0.25) is 0 Å². The molecule has 0 spiro atoms. The van der Waals surface area contributed by atoms with E-state index in [-0.39, 0.29) is 12.0 Å². The molecule has 2 N–H and O–H groups in total. The number of fused-ring (bicyclic) bond motifs is 1. The van der Waals surface area contributed by atoms with E-state index >= 15 is 0 Å². The number of aliphatic hydroxyl groups excluding tert-OH is 1. The highest BCUT2D eigenvalue weighted by atomic mass is 16.4. The molecule has 3 nitrogen and oxygen atoms in total. The molecule has 0 aromatic heterocycles. The minimum absolute atomic E-state index is 0.230. The van der Waals surface area contributed by atoms with Crippen molar-refractivity contribution < 1.29 is 15.0 Å². The van der Waals surface area contributed by atoms with E-state index in [1.165, 1.54) is 0 Å². The van der Waals surface area contributed by atoms with Crippen molar-refractivity contribution in [3.05, 3.63) is 0 Å². The van der Waals surface area contributed by atoms with Gasteiger partial charge in [-0.05, 0) is 31.6 Å². The molecule has 2 aliphatic rings. The number of carboxylic acids is 1. The van der Waals surface area contributed by atoms with E-state index < -0.39 is 11.4 Å². The van der Waals surface area contributed by atoms with Crippen LogP contribution in [0.25, 0.3) is 0 Å². The summed E-state index contributed by atoms with van der Waals surface area (Å²) in [5.41, 5.74) is -0.572. The summed E-state index contributed by atoms with van der Waals surface area (Å²) in [4.78, 5) is 11.2. The van der Waals surface area contributed by atoms with Crippen LogP contribution in [0.5, 0.6) is 0 Å². The zero-order chi connectivity index (χ0) is 9.47. The molecule has 0 saturated heterocycles. The van der Waals surface area contributed by atoms with E-state index in [1.807, 2.05) is 0 Å². The van der Waals surface area contributed by atoms with Gasteiger partial charge in [-0.25, -0.2) is 0 Å². The van der Waals surface area contributed by atoms with Crippen molar-refractivity contribution in [2.75, 3.05) is 0 Å². The largest absolute Gasteiger partial charge is 0.481 e. The molecule has 2 aliphatic carbocycles. The molecule has 0 radical (unpaired) electrons. The lowest BCUT2D eigenvalue weighted by atomic mass is 9.68. The van der Waals surface area contributed by atoms with Gasteiger partial charge < -0.3 is 10.2 Å². The van der Waals surface area contributed by atoms with Crippen molar-refractivity contribution in [3.8, 4) is 0 Å². The molecule has 3 atom stereocenters. The standard InChI is InChI=1S/C10H16O3/c11-8-5-7-3-1-2-4-10(7,6-8)9(12)13/h7-8,11H,1-6H2,(H,12,13). The van der Waals surface area contributed by atoms with Crippen molar-refractivity contribution in [3.63, 3.8) is 0 Å². The average molecular weight is 184 g/mol. The van der Waals surface area contributed by atoms with Crippen molar-refractivity contribution >= 4 is 5.97 Å². The normalized spacial score (nSPS) is 44.4. The van der Waals surface area contributed by atoms with Gasteiger partial charge in [0, 0.05) is 0 Å². The Bertz CT molecular complexity index is 226. The van der Waals surface area contributed by atoms with Gasteiger partial charge in [0.25, 0.3) is 0 Å². The molecule has 2 saturated carbocycles. The maximum absolute atomic E-state index is 11.2. The molecule has 13 heavy (non-hydrogen) atoms. The van der Waals surface area contributed by atoms with Crippen molar-refractivity contribution in [2.45, 2.75) is 44.6 Å². The van der Waals surface area contributed by atoms with Crippen LogP contribution in [0, 0.1) is 11.3 Å². The predicted molar refractivity (Wildman–Crippen MR) is 47.3 cm³/mol. The third-order valence-corrected chi connectivity index (χ3v) is 3.79. The molecule has 3 heteroatoms. The average Bonchev–Trinajstić information content (AvgIpc) is 2.41. The fourth-order valence-electron chi connectivity index (χ4n) is 3.12. The smallest absolute Gasteiger partial charge is 0.310 e. The molecule has 0 aromatic carbocycles. The Hall–Kier alpha value is -0.570. The van der Waals surface area contributed by atoms with Gasteiger partial charge in [-0.3, -0.25) is 4.79 Å². The number of rotatable bonds is 1. The first-order valence-electron chi connectivity index (χ1n) is 5.06. The number of aliphatic carboxylic acids is 1. The molecule has 0 bridgehead atoms. The maximum Gasteiger partial charge on any atom is 0.310 e. The first kappa shape index (κ1) is 9.00. The SMILES string of the molecule is O=C(O)C12CCCCC1CC(O)C2. The van der Waals surface area contributed by atoms with E-state index in [0.29, 0.717) is 12.8 Å². The summed E-state index contributed by atoms with van der Waals surface area (Å²) >= 11 is 0. The molecule has 0 amide bonds. The lowest BCUT2D eigenvalue weighted by Crippen LogP contribution is -2.37. The Morgan fingerprint density at radius 2 is 2.15 bits per heavy atom. The van der Waals surface area contributed by atoms with Gasteiger partial charge in [0.1, 0.15) is 0 Å². The van der Waals surface area contributed by atoms with Gasteiger partial charge in [0.05, 0.1) is 11.5 Å². The summed E-state index contributed by atoms with van der Waals surface area (Å²) in [7, 11) is 0. The van der Waals surface area contributed by atoms with Crippen LogP contribution >= 0.6 is 0 Å². The quantitative estimate of drug-likeness (QED) is 0.647. The van der Waals surface area contributed by atoms with Gasteiger partial charge in [-0.1, -0.05) is 12.8 Å². The number of hydrogen-bond donors (Lipinski definition) is 2. The molecular weight excluding hydrogens is 168 g/mol.